The fourth-order valence-electron chi connectivity index (χ4n) is 1.89. The minimum Gasteiger partial charge on any atom is -0.489 e. The number of rotatable bonds is 4. The maximum Gasteiger partial charge on any atom is 0.248 e. The summed E-state index contributed by atoms with van der Waals surface area (Å²) in [5.74, 6) is 0.658. The largest absolute Gasteiger partial charge is 0.489 e. The second kappa shape index (κ2) is 4.94. The summed E-state index contributed by atoms with van der Waals surface area (Å²) in [7, 11) is 0. The van der Waals surface area contributed by atoms with Crippen LogP contribution in [0.4, 0.5) is 0 Å². The molecule has 0 radical (unpaired) electrons. The van der Waals surface area contributed by atoms with Crippen LogP contribution in [0.1, 0.15) is 23.2 Å². The lowest BCUT2D eigenvalue weighted by Gasteiger charge is -2.34. The number of ether oxygens (including phenoxy) is 1. The van der Waals surface area contributed by atoms with Gasteiger partial charge < -0.3 is 16.2 Å². The summed E-state index contributed by atoms with van der Waals surface area (Å²) in [5, 5.41) is 0.414. The lowest BCUT2D eigenvalue weighted by atomic mass is 9.82. The normalized spacial score (nSPS) is 22.9. The Bertz CT molecular complexity index is 431. The van der Waals surface area contributed by atoms with Gasteiger partial charge in [0.05, 0.1) is 11.1 Å². The van der Waals surface area contributed by atoms with E-state index in [1.54, 1.807) is 12.1 Å². The van der Waals surface area contributed by atoms with E-state index in [2.05, 4.69) is 0 Å². The highest BCUT2D eigenvalue weighted by Crippen LogP contribution is 2.33. The summed E-state index contributed by atoms with van der Waals surface area (Å²) in [4.78, 5) is 10.9. The molecule has 0 aliphatic heterocycles. The second-order valence-electron chi connectivity index (χ2n) is 4.32. The lowest BCUT2D eigenvalue weighted by Crippen LogP contribution is -2.37. The van der Waals surface area contributed by atoms with Crippen molar-refractivity contribution >= 4 is 17.5 Å². The van der Waals surface area contributed by atoms with Gasteiger partial charge in [0.1, 0.15) is 5.75 Å². The van der Waals surface area contributed by atoms with Crippen LogP contribution in [0.25, 0.3) is 0 Å². The molecule has 92 valence electrons. The van der Waals surface area contributed by atoms with Gasteiger partial charge >= 0.3 is 0 Å². The maximum atomic E-state index is 10.9. The fraction of sp³-hybridized carbons (Fsp3) is 0.417. The number of carbonyl (C=O) groups is 1. The topological polar surface area (TPSA) is 78.3 Å². The van der Waals surface area contributed by atoms with Crippen molar-refractivity contribution in [3.63, 3.8) is 0 Å². The first-order valence-electron chi connectivity index (χ1n) is 5.56. The van der Waals surface area contributed by atoms with Crippen LogP contribution in [-0.2, 0) is 0 Å². The number of hydrogen-bond acceptors (Lipinski definition) is 3. The van der Waals surface area contributed by atoms with E-state index in [4.69, 9.17) is 27.8 Å². The molecule has 1 amide bonds. The van der Waals surface area contributed by atoms with Crippen molar-refractivity contribution in [2.45, 2.75) is 18.9 Å². The molecule has 1 aliphatic carbocycles. The molecule has 1 fully saturated rings. The van der Waals surface area contributed by atoms with Gasteiger partial charge in [0.15, 0.2) is 0 Å². The molecule has 0 heterocycles. The van der Waals surface area contributed by atoms with Gasteiger partial charge in [-0.3, -0.25) is 4.79 Å². The molecule has 0 aromatic heterocycles. The summed E-state index contributed by atoms with van der Waals surface area (Å²) in [6.45, 7) is 0.703. The molecule has 0 bridgehead atoms. The number of carbonyl (C=O) groups excluding carboxylic acids is 1. The van der Waals surface area contributed by atoms with Gasteiger partial charge in [0.25, 0.3) is 0 Å². The van der Waals surface area contributed by atoms with Gasteiger partial charge in [-0.25, -0.2) is 0 Å². The Balaban J connectivity index is 2.00. The fourth-order valence-corrected chi connectivity index (χ4v) is 2.12. The molecule has 1 aromatic carbocycles. The highest BCUT2D eigenvalue weighted by Gasteiger charge is 2.30. The smallest absolute Gasteiger partial charge is 0.248 e. The van der Waals surface area contributed by atoms with Crippen LogP contribution in [0.3, 0.4) is 0 Å². The van der Waals surface area contributed by atoms with Gasteiger partial charge in [-0.2, -0.15) is 0 Å². The van der Waals surface area contributed by atoms with Crippen LogP contribution in [0.15, 0.2) is 18.2 Å². The third-order valence-electron chi connectivity index (χ3n) is 3.04. The van der Waals surface area contributed by atoms with Gasteiger partial charge in [0, 0.05) is 5.56 Å². The molecule has 1 saturated carbocycles. The highest BCUT2D eigenvalue weighted by molar-refractivity contribution is 6.32. The average molecular weight is 255 g/mol. The maximum absolute atomic E-state index is 10.9. The van der Waals surface area contributed by atoms with Crippen LogP contribution in [0, 0.1) is 5.92 Å². The quantitative estimate of drug-likeness (QED) is 0.856. The average Bonchev–Trinajstić information content (AvgIpc) is 2.24. The summed E-state index contributed by atoms with van der Waals surface area (Å²) in [6.07, 6.45) is 2.11. The molecule has 1 aromatic rings. The van der Waals surface area contributed by atoms with E-state index < -0.39 is 5.91 Å². The summed E-state index contributed by atoms with van der Waals surface area (Å²) in [6, 6.07) is 4.82. The number of amides is 1. The molecule has 0 unspecified atom stereocenters. The van der Waals surface area contributed by atoms with E-state index in [-0.39, 0.29) is 6.10 Å². The van der Waals surface area contributed by atoms with Crippen molar-refractivity contribution in [2.24, 2.45) is 17.4 Å². The molecular formula is C12H15ClN2O2. The predicted octanol–water partition coefficient (Wildman–Crippen LogP) is 1.55. The Hall–Kier alpha value is -1.26. The SMILES string of the molecule is NCC1CC(Oc2ccc(C(N)=O)cc2Cl)C1. The zero-order valence-electron chi connectivity index (χ0n) is 9.36. The van der Waals surface area contributed by atoms with E-state index in [1.807, 2.05) is 0 Å². The Morgan fingerprint density at radius 1 is 1.47 bits per heavy atom. The number of benzene rings is 1. The van der Waals surface area contributed by atoms with E-state index in [1.165, 1.54) is 6.07 Å². The number of nitrogens with two attached hydrogens (primary N) is 2. The molecule has 2 rings (SSSR count). The Morgan fingerprint density at radius 2 is 2.18 bits per heavy atom. The van der Waals surface area contributed by atoms with Gasteiger partial charge in [-0.15, -0.1) is 0 Å². The highest BCUT2D eigenvalue weighted by atomic mass is 35.5. The standard InChI is InChI=1S/C12H15ClN2O2/c13-10-5-8(12(15)16)1-2-11(10)17-9-3-7(4-9)6-14/h1-2,5,7,9H,3-4,6,14H2,(H2,15,16). The Labute approximate surface area is 105 Å². The first-order valence-corrected chi connectivity index (χ1v) is 5.94. The molecule has 0 saturated heterocycles. The van der Waals surface area contributed by atoms with E-state index in [9.17, 15) is 4.79 Å². The molecule has 5 heteroatoms. The van der Waals surface area contributed by atoms with Gasteiger partial charge in [-0.05, 0) is 43.5 Å². The van der Waals surface area contributed by atoms with Crippen LogP contribution >= 0.6 is 11.6 Å². The molecule has 17 heavy (non-hydrogen) atoms. The Kier molecular flexibility index (Phi) is 3.54. The molecule has 4 nitrogen and oxygen atoms in total. The van der Waals surface area contributed by atoms with Crippen molar-refractivity contribution in [1.29, 1.82) is 0 Å². The minimum atomic E-state index is -0.495. The molecule has 4 N–H and O–H groups in total. The second-order valence-corrected chi connectivity index (χ2v) is 4.73. The first kappa shape index (κ1) is 12.2. The van der Waals surface area contributed by atoms with E-state index in [0.29, 0.717) is 28.8 Å². The zero-order valence-corrected chi connectivity index (χ0v) is 10.1. The van der Waals surface area contributed by atoms with Crippen molar-refractivity contribution in [3.8, 4) is 5.75 Å². The van der Waals surface area contributed by atoms with Crippen molar-refractivity contribution in [2.75, 3.05) is 6.54 Å². The molecular weight excluding hydrogens is 240 g/mol. The third kappa shape index (κ3) is 2.70. The molecule has 0 atom stereocenters. The van der Waals surface area contributed by atoms with Crippen LogP contribution in [0.5, 0.6) is 5.75 Å². The van der Waals surface area contributed by atoms with E-state index in [0.717, 1.165) is 12.8 Å². The molecule has 1 aliphatic rings. The zero-order chi connectivity index (χ0) is 12.4. The molecule has 0 spiro atoms. The van der Waals surface area contributed by atoms with Crippen LogP contribution in [-0.4, -0.2) is 18.6 Å². The van der Waals surface area contributed by atoms with Gasteiger partial charge in [-0.1, -0.05) is 11.6 Å². The van der Waals surface area contributed by atoms with Crippen molar-refractivity contribution in [1.82, 2.24) is 0 Å². The Morgan fingerprint density at radius 3 is 2.71 bits per heavy atom. The minimum absolute atomic E-state index is 0.181. The number of primary amides is 1. The lowest BCUT2D eigenvalue weighted by molar-refractivity contribution is 0.0691. The van der Waals surface area contributed by atoms with E-state index >= 15 is 0 Å². The van der Waals surface area contributed by atoms with Crippen LogP contribution < -0.4 is 16.2 Å². The number of halogens is 1. The number of hydrogen-bond donors (Lipinski definition) is 2. The predicted molar refractivity (Wildman–Crippen MR) is 66.2 cm³/mol. The van der Waals surface area contributed by atoms with Gasteiger partial charge in [0.2, 0.25) is 5.91 Å². The van der Waals surface area contributed by atoms with Crippen molar-refractivity contribution < 1.29 is 9.53 Å². The summed E-state index contributed by atoms with van der Waals surface area (Å²) in [5.41, 5.74) is 11.1. The van der Waals surface area contributed by atoms with Crippen LogP contribution in [0.2, 0.25) is 5.02 Å². The summed E-state index contributed by atoms with van der Waals surface area (Å²) < 4.78 is 5.71. The third-order valence-corrected chi connectivity index (χ3v) is 3.33. The van der Waals surface area contributed by atoms with Crippen molar-refractivity contribution in [3.05, 3.63) is 28.8 Å². The first-order chi connectivity index (χ1) is 8.10. The summed E-state index contributed by atoms with van der Waals surface area (Å²) >= 11 is 6.01. The monoisotopic (exact) mass is 254 g/mol.